The van der Waals surface area contributed by atoms with E-state index in [1.165, 1.54) is 21.7 Å². The summed E-state index contributed by atoms with van der Waals surface area (Å²) in [5.41, 5.74) is 2.84. The molecule has 0 spiro atoms. The molecule has 170 valence electrons. The molecule has 1 saturated heterocycles. The largest absolute Gasteiger partial charge is 0.369 e. The number of aryl methyl sites for hydroxylation is 1. The fraction of sp³-hybridized carbons (Fsp3) is 0.280. The van der Waals surface area contributed by atoms with Crippen LogP contribution in [0.4, 0.5) is 5.82 Å². The number of benzene rings is 1. The van der Waals surface area contributed by atoms with Crippen LogP contribution in [0, 0.1) is 6.92 Å². The van der Waals surface area contributed by atoms with E-state index in [1.54, 1.807) is 17.2 Å². The molecule has 1 aliphatic heterocycles. The van der Waals surface area contributed by atoms with Crippen LogP contribution in [0.25, 0.3) is 11.7 Å². The summed E-state index contributed by atoms with van der Waals surface area (Å²) in [4.78, 5) is 33.2. The predicted molar refractivity (Wildman–Crippen MR) is 140 cm³/mol. The average molecular weight is 479 g/mol. The van der Waals surface area contributed by atoms with Crippen LogP contribution < -0.4 is 10.9 Å². The lowest BCUT2D eigenvalue weighted by Crippen LogP contribution is -2.29. The van der Waals surface area contributed by atoms with Gasteiger partial charge in [-0.25, -0.2) is 4.98 Å². The molecule has 4 rings (SSSR count). The third-order valence-electron chi connectivity index (χ3n) is 5.44. The lowest BCUT2D eigenvalue weighted by atomic mass is 10.1. The molecule has 33 heavy (non-hydrogen) atoms. The number of amides is 1. The minimum atomic E-state index is -0.218. The Morgan fingerprint density at radius 2 is 1.94 bits per heavy atom. The molecule has 6 nitrogen and oxygen atoms in total. The Bertz CT molecular complexity index is 1280. The molecule has 8 heteroatoms. The molecule has 2 aromatic heterocycles. The minimum absolute atomic E-state index is 0.151. The highest BCUT2D eigenvalue weighted by Gasteiger charge is 2.32. The Morgan fingerprint density at radius 3 is 2.70 bits per heavy atom. The fourth-order valence-electron chi connectivity index (χ4n) is 3.63. The van der Waals surface area contributed by atoms with Gasteiger partial charge in [0.15, 0.2) is 0 Å². The molecule has 0 aliphatic carbocycles. The number of anilines is 1. The average Bonchev–Trinajstić information content (AvgIpc) is 3.08. The van der Waals surface area contributed by atoms with Crippen molar-refractivity contribution < 1.29 is 4.79 Å². The van der Waals surface area contributed by atoms with Gasteiger partial charge in [0.2, 0.25) is 0 Å². The molecular weight excluding hydrogens is 452 g/mol. The number of fused-ring (bicyclic) bond motifs is 1. The van der Waals surface area contributed by atoms with E-state index in [-0.39, 0.29) is 11.5 Å². The summed E-state index contributed by atoms with van der Waals surface area (Å²) in [5, 5.41) is 3.32. The normalized spacial score (nSPS) is 15.1. The molecule has 0 saturated carbocycles. The SMILES string of the molecule is CCCCN1C(=O)/C(=C\c2c(NCCc3ccccc3)nc3ccc(C)cn3c2=O)SC1=S. The number of carbonyl (C=O) groups excluding carboxylic acids is 1. The van der Waals surface area contributed by atoms with Crippen LogP contribution in [0.2, 0.25) is 0 Å². The lowest BCUT2D eigenvalue weighted by Gasteiger charge is -2.13. The topological polar surface area (TPSA) is 66.7 Å². The quantitative estimate of drug-likeness (QED) is 0.375. The second-order valence-corrected chi connectivity index (χ2v) is 9.64. The number of carbonyl (C=O) groups is 1. The number of nitrogens with zero attached hydrogens (tertiary/aromatic N) is 3. The van der Waals surface area contributed by atoms with E-state index < -0.39 is 0 Å². The molecule has 3 heterocycles. The first-order valence-corrected chi connectivity index (χ1v) is 12.3. The summed E-state index contributed by atoms with van der Waals surface area (Å²) in [6, 6.07) is 13.9. The Morgan fingerprint density at radius 1 is 1.15 bits per heavy atom. The second kappa shape index (κ2) is 10.3. The highest BCUT2D eigenvalue weighted by Crippen LogP contribution is 2.33. The Balaban J connectivity index is 1.70. The molecule has 3 aromatic rings. The first-order valence-electron chi connectivity index (χ1n) is 11.0. The smallest absolute Gasteiger partial charge is 0.267 e. The van der Waals surface area contributed by atoms with E-state index in [0.717, 1.165) is 24.8 Å². The maximum atomic E-state index is 13.4. The number of hydrogen-bond donors (Lipinski definition) is 1. The van der Waals surface area contributed by atoms with Crippen molar-refractivity contribution >= 4 is 51.7 Å². The number of nitrogens with one attached hydrogen (secondary N) is 1. The van der Waals surface area contributed by atoms with Crippen molar-refractivity contribution in [2.45, 2.75) is 33.1 Å². The molecule has 0 radical (unpaired) electrons. The van der Waals surface area contributed by atoms with Gasteiger partial charge < -0.3 is 5.32 Å². The third kappa shape index (κ3) is 5.17. The van der Waals surface area contributed by atoms with Crippen molar-refractivity contribution in [2.24, 2.45) is 0 Å². The van der Waals surface area contributed by atoms with E-state index in [0.29, 0.717) is 39.3 Å². The van der Waals surface area contributed by atoms with Gasteiger partial charge >= 0.3 is 0 Å². The van der Waals surface area contributed by atoms with Crippen molar-refractivity contribution in [3.63, 3.8) is 0 Å². The van der Waals surface area contributed by atoms with Gasteiger partial charge in [-0.2, -0.15) is 0 Å². The van der Waals surface area contributed by atoms with Crippen molar-refractivity contribution in [1.29, 1.82) is 0 Å². The van der Waals surface area contributed by atoms with E-state index in [1.807, 2.05) is 37.3 Å². The van der Waals surface area contributed by atoms with Gasteiger partial charge in [0.25, 0.3) is 11.5 Å². The second-order valence-electron chi connectivity index (χ2n) is 7.96. The number of unbranched alkanes of at least 4 members (excludes halogenated alkanes) is 1. The molecular formula is C25H26N4O2S2. The summed E-state index contributed by atoms with van der Waals surface area (Å²) >= 11 is 6.66. The van der Waals surface area contributed by atoms with Gasteiger partial charge in [-0.15, -0.1) is 0 Å². The van der Waals surface area contributed by atoms with Gasteiger partial charge in [-0.1, -0.05) is 73.7 Å². The Kier molecular flexibility index (Phi) is 7.25. The van der Waals surface area contributed by atoms with Crippen molar-refractivity contribution in [2.75, 3.05) is 18.4 Å². The van der Waals surface area contributed by atoms with Gasteiger partial charge in [-0.05, 0) is 43.0 Å². The molecule has 0 atom stereocenters. The van der Waals surface area contributed by atoms with Crippen molar-refractivity contribution in [3.8, 4) is 0 Å². The van der Waals surface area contributed by atoms with Gasteiger partial charge in [0.05, 0.1) is 10.5 Å². The zero-order valence-corrected chi connectivity index (χ0v) is 20.3. The fourth-order valence-corrected chi connectivity index (χ4v) is 4.92. The monoisotopic (exact) mass is 478 g/mol. The first kappa shape index (κ1) is 23.2. The van der Waals surface area contributed by atoms with Crippen LogP contribution in [-0.4, -0.2) is 37.6 Å². The predicted octanol–water partition coefficient (Wildman–Crippen LogP) is 4.66. The van der Waals surface area contributed by atoms with Crippen molar-refractivity contribution in [1.82, 2.24) is 14.3 Å². The van der Waals surface area contributed by atoms with Crippen LogP contribution in [0.3, 0.4) is 0 Å². The first-order chi connectivity index (χ1) is 16.0. The Hall–Kier alpha value is -2.97. The zero-order chi connectivity index (χ0) is 23.4. The van der Waals surface area contributed by atoms with E-state index >= 15 is 0 Å². The van der Waals surface area contributed by atoms with Crippen molar-refractivity contribution in [3.05, 3.63) is 80.6 Å². The zero-order valence-electron chi connectivity index (χ0n) is 18.7. The van der Waals surface area contributed by atoms with Crippen LogP contribution in [0.1, 0.15) is 36.5 Å². The van der Waals surface area contributed by atoms with E-state index in [2.05, 4.69) is 24.4 Å². The lowest BCUT2D eigenvalue weighted by molar-refractivity contribution is -0.122. The standard InChI is InChI=1S/C25H26N4O2S2/c1-3-4-14-28-24(31)20(33-25(28)32)15-19-22(26-13-12-18-8-6-5-7-9-18)27-21-11-10-17(2)16-29(21)23(19)30/h5-11,15-16,26H,3-4,12-14H2,1-2H3/b20-15+. The number of hydrogen-bond acceptors (Lipinski definition) is 6. The van der Waals surface area contributed by atoms with Crippen LogP contribution >= 0.6 is 24.0 Å². The number of aromatic nitrogens is 2. The molecule has 1 N–H and O–H groups in total. The Labute approximate surface area is 202 Å². The van der Waals surface area contributed by atoms with Crippen LogP contribution in [0.5, 0.6) is 0 Å². The molecule has 0 bridgehead atoms. The molecule has 1 aromatic carbocycles. The number of thiocarbonyl (C=S) groups is 1. The van der Waals surface area contributed by atoms with Gasteiger partial charge in [0.1, 0.15) is 15.8 Å². The summed E-state index contributed by atoms with van der Waals surface area (Å²) in [7, 11) is 0. The number of thioether (sulfide) groups is 1. The molecule has 1 amide bonds. The van der Waals surface area contributed by atoms with Crippen LogP contribution in [-0.2, 0) is 11.2 Å². The maximum Gasteiger partial charge on any atom is 0.267 e. The van der Waals surface area contributed by atoms with E-state index in [4.69, 9.17) is 17.2 Å². The summed E-state index contributed by atoms with van der Waals surface area (Å²) < 4.78 is 2.06. The highest BCUT2D eigenvalue weighted by atomic mass is 32.2. The number of rotatable bonds is 8. The van der Waals surface area contributed by atoms with Crippen LogP contribution in [0.15, 0.2) is 58.4 Å². The summed E-state index contributed by atoms with van der Waals surface area (Å²) in [6.07, 6.45) is 6.04. The van der Waals surface area contributed by atoms with Gasteiger partial charge in [0, 0.05) is 19.3 Å². The number of pyridine rings is 1. The van der Waals surface area contributed by atoms with Gasteiger partial charge in [-0.3, -0.25) is 18.9 Å². The van der Waals surface area contributed by atoms with E-state index in [9.17, 15) is 9.59 Å². The summed E-state index contributed by atoms with van der Waals surface area (Å²) in [5.74, 6) is 0.320. The highest BCUT2D eigenvalue weighted by molar-refractivity contribution is 8.26. The third-order valence-corrected chi connectivity index (χ3v) is 6.82. The minimum Gasteiger partial charge on any atom is -0.369 e. The molecule has 1 aliphatic rings. The molecule has 0 unspecified atom stereocenters. The molecule has 1 fully saturated rings. The summed E-state index contributed by atoms with van der Waals surface area (Å²) in [6.45, 7) is 5.20. The maximum absolute atomic E-state index is 13.4.